The number of fused-ring (bicyclic) bond motifs is 2. The highest BCUT2D eigenvalue weighted by atomic mass is 16.7. The van der Waals surface area contributed by atoms with E-state index in [0.717, 1.165) is 29.8 Å². The van der Waals surface area contributed by atoms with Crippen molar-refractivity contribution < 1.29 is 14.3 Å². The van der Waals surface area contributed by atoms with E-state index in [1.54, 1.807) is 0 Å². The minimum atomic E-state index is -1.18. The maximum absolute atomic E-state index is 13.0. The standard InChI is InChI=1S/C19H27NO3/c1-3-4-5-6-7-8-12-20-17-15(2)10-9-11-16(17)19(18(20)21)22-13-14-23-19/h9-11H,3-8,12-14H2,1-2H3. The van der Waals surface area contributed by atoms with Crippen molar-refractivity contribution in [2.24, 2.45) is 0 Å². The summed E-state index contributed by atoms with van der Waals surface area (Å²) in [5.41, 5.74) is 2.98. The number of benzene rings is 1. The van der Waals surface area contributed by atoms with Crippen molar-refractivity contribution >= 4 is 11.6 Å². The molecular formula is C19H27NO3. The van der Waals surface area contributed by atoms with Gasteiger partial charge in [-0.3, -0.25) is 4.79 Å². The monoisotopic (exact) mass is 317 g/mol. The van der Waals surface area contributed by atoms with Crippen LogP contribution < -0.4 is 4.90 Å². The van der Waals surface area contributed by atoms with E-state index in [9.17, 15) is 4.79 Å². The van der Waals surface area contributed by atoms with Crippen LogP contribution in [0.3, 0.4) is 0 Å². The van der Waals surface area contributed by atoms with Crippen LogP contribution in [0.4, 0.5) is 5.69 Å². The maximum atomic E-state index is 13.0. The molecule has 0 atom stereocenters. The number of para-hydroxylation sites is 1. The Morgan fingerprint density at radius 1 is 1.09 bits per heavy atom. The van der Waals surface area contributed by atoms with Crippen molar-refractivity contribution in [3.05, 3.63) is 29.3 Å². The second kappa shape index (κ2) is 7.02. The molecule has 1 aromatic rings. The van der Waals surface area contributed by atoms with E-state index in [1.807, 2.05) is 30.0 Å². The third-order valence-corrected chi connectivity index (χ3v) is 4.82. The van der Waals surface area contributed by atoms with E-state index >= 15 is 0 Å². The topological polar surface area (TPSA) is 38.8 Å². The van der Waals surface area contributed by atoms with Gasteiger partial charge in [-0.1, -0.05) is 57.2 Å². The second-order valence-corrected chi connectivity index (χ2v) is 6.51. The average molecular weight is 317 g/mol. The fourth-order valence-electron chi connectivity index (χ4n) is 3.63. The number of rotatable bonds is 7. The van der Waals surface area contributed by atoms with E-state index < -0.39 is 5.79 Å². The summed E-state index contributed by atoms with van der Waals surface area (Å²) in [5.74, 6) is -1.23. The molecule has 0 radical (unpaired) electrons. The van der Waals surface area contributed by atoms with Gasteiger partial charge in [0.05, 0.1) is 18.9 Å². The zero-order valence-corrected chi connectivity index (χ0v) is 14.3. The number of hydrogen-bond donors (Lipinski definition) is 0. The quantitative estimate of drug-likeness (QED) is 0.716. The lowest BCUT2D eigenvalue weighted by molar-refractivity contribution is -0.180. The SMILES string of the molecule is CCCCCCCCN1C(=O)C2(OCCO2)c2cccc(C)c21. The van der Waals surface area contributed by atoms with E-state index in [1.165, 1.54) is 32.1 Å². The molecule has 0 bridgehead atoms. The molecule has 4 heteroatoms. The lowest BCUT2D eigenvalue weighted by Gasteiger charge is -2.22. The van der Waals surface area contributed by atoms with Gasteiger partial charge in [0.15, 0.2) is 0 Å². The Bertz CT molecular complexity index is 564. The fraction of sp³-hybridized carbons (Fsp3) is 0.632. The van der Waals surface area contributed by atoms with Crippen molar-refractivity contribution in [3.8, 4) is 0 Å². The Morgan fingerprint density at radius 2 is 1.78 bits per heavy atom. The van der Waals surface area contributed by atoms with Gasteiger partial charge in [-0.2, -0.15) is 0 Å². The van der Waals surface area contributed by atoms with Crippen LogP contribution in [0.2, 0.25) is 0 Å². The Hall–Kier alpha value is -1.39. The van der Waals surface area contributed by atoms with Crippen LogP contribution in [0.5, 0.6) is 0 Å². The summed E-state index contributed by atoms with van der Waals surface area (Å²) in [6.07, 6.45) is 7.29. The first-order valence-corrected chi connectivity index (χ1v) is 8.90. The summed E-state index contributed by atoms with van der Waals surface area (Å²) >= 11 is 0. The largest absolute Gasteiger partial charge is 0.336 e. The zero-order chi connectivity index (χ0) is 16.3. The normalized spacial score (nSPS) is 18.9. The predicted octanol–water partition coefficient (Wildman–Crippen LogP) is 3.90. The van der Waals surface area contributed by atoms with E-state index in [-0.39, 0.29) is 5.91 Å². The lowest BCUT2D eigenvalue weighted by Crippen LogP contribution is -2.41. The number of anilines is 1. The van der Waals surface area contributed by atoms with Gasteiger partial charge in [-0.25, -0.2) is 0 Å². The highest BCUT2D eigenvalue weighted by molar-refractivity contribution is 6.07. The number of amides is 1. The molecule has 3 rings (SSSR count). The van der Waals surface area contributed by atoms with Crippen molar-refractivity contribution in [1.29, 1.82) is 0 Å². The Labute approximate surface area is 138 Å². The Kier molecular flexibility index (Phi) is 5.02. The van der Waals surface area contributed by atoms with Gasteiger partial charge >= 0.3 is 0 Å². The van der Waals surface area contributed by atoms with Gasteiger partial charge in [0.25, 0.3) is 11.7 Å². The van der Waals surface area contributed by atoms with Gasteiger partial charge < -0.3 is 14.4 Å². The highest BCUT2D eigenvalue weighted by Gasteiger charge is 2.56. The van der Waals surface area contributed by atoms with Crippen LogP contribution in [-0.4, -0.2) is 25.7 Å². The fourth-order valence-corrected chi connectivity index (χ4v) is 3.63. The number of ether oxygens (including phenoxy) is 2. The van der Waals surface area contributed by atoms with Crippen molar-refractivity contribution in [2.75, 3.05) is 24.7 Å². The summed E-state index contributed by atoms with van der Waals surface area (Å²) in [7, 11) is 0. The van der Waals surface area contributed by atoms with Crippen LogP contribution >= 0.6 is 0 Å². The first-order valence-electron chi connectivity index (χ1n) is 8.90. The molecule has 0 aliphatic carbocycles. The van der Waals surface area contributed by atoms with Gasteiger partial charge in [0, 0.05) is 12.1 Å². The minimum Gasteiger partial charge on any atom is -0.336 e. The molecule has 1 amide bonds. The summed E-state index contributed by atoms with van der Waals surface area (Å²) in [5, 5.41) is 0. The number of carbonyl (C=O) groups is 1. The Balaban J connectivity index is 1.73. The minimum absolute atomic E-state index is 0.0483. The molecule has 2 aliphatic heterocycles. The summed E-state index contributed by atoms with van der Waals surface area (Å²) in [6.45, 7) is 5.98. The molecule has 1 saturated heterocycles. The van der Waals surface area contributed by atoms with Crippen LogP contribution in [0.25, 0.3) is 0 Å². The molecule has 1 spiro atoms. The van der Waals surface area contributed by atoms with Crippen molar-refractivity contribution in [3.63, 3.8) is 0 Å². The summed E-state index contributed by atoms with van der Waals surface area (Å²) in [4.78, 5) is 14.9. The zero-order valence-electron chi connectivity index (χ0n) is 14.3. The molecule has 2 aliphatic rings. The molecule has 1 fully saturated rings. The number of aryl methyl sites for hydroxylation is 1. The van der Waals surface area contributed by atoms with Crippen LogP contribution in [0.15, 0.2) is 18.2 Å². The molecule has 1 aromatic carbocycles. The maximum Gasteiger partial charge on any atom is 0.292 e. The van der Waals surface area contributed by atoms with Gasteiger partial charge in [0.2, 0.25) is 0 Å². The molecule has 4 nitrogen and oxygen atoms in total. The molecule has 0 aromatic heterocycles. The third kappa shape index (κ3) is 2.90. The van der Waals surface area contributed by atoms with Crippen LogP contribution in [0, 0.1) is 6.92 Å². The molecule has 2 heterocycles. The average Bonchev–Trinajstić information content (AvgIpc) is 3.12. The highest BCUT2D eigenvalue weighted by Crippen LogP contribution is 2.47. The number of hydrogen-bond acceptors (Lipinski definition) is 3. The predicted molar refractivity (Wildman–Crippen MR) is 90.5 cm³/mol. The van der Waals surface area contributed by atoms with Crippen LogP contribution in [-0.2, 0) is 20.1 Å². The number of nitrogens with zero attached hydrogens (tertiary/aromatic N) is 1. The molecule has 0 unspecified atom stereocenters. The van der Waals surface area contributed by atoms with E-state index in [4.69, 9.17) is 9.47 Å². The second-order valence-electron chi connectivity index (χ2n) is 6.51. The van der Waals surface area contributed by atoms with Gasteiger partial charge in [0.1, 0.15) is 0 Å². The lowest BCUT2D eigenvalue weighted by atomic mass is 10.0. The molecule has 0 N–H and O–H groups in total. The molecule has 0 saturated carbocycles. The number of unbranched alkanes of at least 4 members (excludes halogenated alkanes) is 5. The third-order valence-electron chi connectivity index (χ3n) is 4.82. The number of carbonyl (C=O) groups excluding carboxylic acids is 1. The van der Waals surface area contributed by atoms with Gasteiger partial charge in [-0.15, -0.1) is 0 Å². The van der Waals surface area contributed by atoms with E-state index in [0.29, 0.717) is 13.2 Å². The summed E-state index contributed by atoms with van der Waals surface area (Å²) in [6, 6.07) is 5.99. The van der Waals surface area contributed by atoms with Crippen molar-refractivity contribution in [2.45, 2.75) is 58.2 Å². The van der Waals surface area contributed by atoms with Gasteiger partial charge in [-0.05, 0) is 18.9 Å². The molecular weight excluding hydrogens is 290 g/mol. The van der Waals surface area contributed by atoms with Crippen LogP contribution in [0.1, 0.15) is 56.6 Å². The first-order chi connectivity index (χ1) is 11.2. The molecule has 126 valence electrons. The van der Waals surface area contributed by atoms with E-state index in [2.05, 4.69) is 6.92 Å². The Morgan fingerprint density at radius 3 is 2.52 bits per heavy atom. The first kappa shape index (κ1) is 16.5. The summed E-state index contributed by atoms with van der Waals surface area (Å²) < 4.78 is 11.5. The molecule has 23 heavy (non-hydrogen) atoms. The van der Waals surface area contributed by atoms with Crippen molar-refractivity contribution in [1.82, 2.24) is 0 Å². The smallest absolute Gasteiger partial charge is 0.292 e.